The first-order chi connectivity index (χ1) is 8.31. The van der Waals surface area contributed by atoms with Crippen molar-refractivity contribution in [1.82, 2.24) is 4.98 Å². The number of rotatable bonds is 4. The number of pyridine rings is 1. The van der Waals surface area contributed by atoms with Crippen LogP contribution in [0.1, 0.15) is 13.3 Å². The monoisotopic (exact) mass is 228 g/mol. The molecule has 0 spiro atoms. The van der Waals surface area contributed by atoms with E-state index in [2.05, 4.69) is 16.4 Å². The van der Waals surface area contributed by atoms with Crippen molar-refractivity contribution in [3.8, 4) is 0 Å². The largest absolute Gasteiger partial charge is 0.371 e. The maximum absolute atomic E-state index is 11.8. The van der Waals surface area contributed by atoms with Gasteiger partial charge < -0.3 is 10.3 Å². The summed E-state index contributed by atoms with van der Waals surface area (Å²) in [5, 5.41) is 4.90. The van der Waals surface area contributed by atoms with Crippen LogP contribution in [0.25, 0.3) is 10.8 Å². The molecular formula is C14H16N2O. The highest BCUT2D eigenvalue weighted by atomic mass is 16.1. The molecule has 1 aromatic heterocycles. The summed E-state index contributed by atoms with van der Waals surface area (Å²) in [4.78, 5) is 14.6. The van der Waals surface area contributed by atoms with Crippen LogP contribution in [-0.4, -0.2) is 11.5 Å². The third kappa shape index (κ3) is 2.75. The molecule has 3 heteroatoms. The normalized spacial score (nSPS) is 11.1. The van der Waals surface area contributed by atoms with Gasteiger partial charge in [0.25, 0.3) is 5.56 Å². The zero-order valence-corrected chi connectivity index (χ0v) is 9.86. The van der Waals surface area contributed by atoms with Gasteiger partial charge in [-0.25, -0.2) is 0 Å². The summed E-state index contributed by atoms with van der Waals surface area (Å²) in [6.45, 7) is 2.82. The fourth-order valence-corrected chi connectivity index (χ4v) is 1.76. The Kier molecular flexibility index (Phi) is 3.60. The van der Waals surface area contributed by atoms with Gasteiger partial charge in [0.2, 0.25) is 0 Å². The second-order valence-electron chi connectivity index (χ2n) is 3.88. The predicted molar refractivity (Wildman–Crippen MR) is 72.5 cm³/mol. The van der Waals surface area contributed by atoms with E-state index in [-0.39, 0.29) is 5.56 Å². The number of hydrogen-bond donors (Lipinski definition) is 2. The van der Waals surface area contributed by atoms with Gasteiger partial charge in [0.1, 0.15) is 5.82 Å². The van der Waals surface area contributed by atoms with Gasteiger partial charge >= 0.3 is 0 Å². The van der Waals surface area contributed by atoms with Gasteiger partial charge in [-0.1, -0.05) is 30.4 Å². The lowest BCUT2D eigenvalue weighted by molar-refractivity contribution is 1.04. The molecule has 0 fully saturated rings. The van der Waals surface area contributed by atoms with Crippen LogP contribution in [0, 0.1) is 0 Å². The molecule has 0 aliphatic rings. The SMILES string of the molecule is C/C=C/CCNc1cc2ccccc2c(=O)[nH]1. The first-order valence-corrected chi connectivity index (χ1v) is 5.78. The highest BCUT2D eigenvalue weighted by molar-refractivity contribution is 5.83. The quantitative estimate of drug-likeness (QED) is 0.624. The summed E-state index contributed by atoms with van der Waals surface area (Å²) < 4.78 is 0. The van der Waals surface area contributed by atoms with Crippen molar-refractivity contribution < 1.29 is 0 Å². The minimum absolute atomic E-state index is 0.0448. The fourth-order valence-electron chi connectivity index (χ4n) is 1.76. The first kappa shape index (κ1) is 11.5. The first-order valence-electron chi connectivity index (χ1n) is 5.78. The fraction of sp³-hybridized carbons (Fsp3) is 0.214. The number of allylic oxidation sites excluding steroid dienone is 1. The van der Waals surface area contributed by atoms with Gasteiger partial charge in [0, 0.05) is 11.9 Å². The van der Waals surface area contributed by atoms with Crippen LogP contribution >= 0.6 is 0 Å². The summed E-state index contributed by atoms with van der Waals surface area (Å²) >= 11 is 0. The van der Waals surface area contributed by atoms with E-state index in [0.717, 1.165) is 29.6 Å². The number of aromatic amines is 1. The van der Waals surface area contributed by atoms with Crippen molar-refractivity contribution >= 4 is 16.6 Å². The van der Waals surface area contributed by atoms with Gasteiger partial charge in [0.05, 0.1) is 0 Å². The van der Waals surface area contributed by atoms with E-state index in [1.807, 2.05) is 43.3 Å². The topological polar surface area (TPSA) is 44.9 Å². The molecule has 0 bridgehead atoms. The maximum atomic E-state index is 11.8. The Morgan fingerprint density at radius 2 is 2.18 bits per heavy atom. The molecular weight excluding hydrogens is 212 g/mol. The molecule has 0 saturated heterocycles. The van der Waals surface area contributed by atoms with E-state index in [9.17, 15) is 4.79 Å². The van der Waals surface area contributed by atoms with Crippen molar-refractivity contribution in [1.29, 1.82) is 0 Å². The molecule has 0 aliphatic heterocycles. The zero-order chi connectivity index (χ0) is 12.1. The number of H-pyrrole nitrogens is 1. The van der Waals surface area contributed by atoms with Crippen LogP contribution in [0.3, 0.4) is 0 Å². The van der Waals surface area contributed by atoms with E-state index in [4.69, 9.17) is 0 Å². The number of hydrogen-bond acceptors (Lipinski definition) is 2. The smallest absolute Gasteiger partial charge is 0.257 e. The number of benzene rings is 1. The average Bonchev–Trinajstić information content (AvgIpc) is 2.35. The number of nitrogens with one attached hydrogen (secondary N) is 2. The van der Waals surface area contributed by atoms with Gasteiger partial charge in [-0.3, -0.25) is 4.79 Å². The molecule has 3 nitrogen and oxygen atoms in total. The molecule has 0 atom stereocenters. The predicted octanol–water partition coefficient (Wildman–Crippen LogP) is 2.91. The molecule has 1 heterocycles. The molecule has 0 aliphatic carbocycles. The Morgan fingerprint density at radius 3 is 3.00 bits per heavy atom. The van der Waals surface area contributed by atoms with Crippen LogP contribution in [0.4, 0.5) is 5.82 Å². The van der Waals surface area contributed by atoms with E-state index in [0.29, 0.717) is 0 Å². The molecule has 88 valence electrons. The highest BCUT2D eigenvalue weighted by Gasteiger charge is 1.99. The zero-order valence-electron chi connectivity index (χ0n) is 9.86. The molecule has 2 aromatic rings. The Morgan fingerprint density at radius 1 is 1.35 bits per heavy atom. The van der Waals surface area contributed by atoms with Gasteiger partial charge in [-0.15, -0.1) is 0 Å². The van der Waals surface area contributed by atoms with E-state index >= 15 is 0 Å². The average molecular weight is 228 g/mol. The summed E-state index contributed by atoms with van der Waals surface area (Å²) in [5.74, 6) is 0.776. The molecule has 0 unspecified atom stereocenters. The van der Waals surface area contributed by atoms with E-state index in [1.54, 1.807) is 0 Å². The minimum atomic E-state index is -0.0448. The molecule has 0 saturated carbocycles. The van der Waals surface area contributed by atoms with Crippen LogP contribution in [-0.2, 0) is 0 Å². The summed E-state index contributed by atoms with van der Waals surface area (Å²) in [6, 6.07) is 9.55. The molecule has 2 rings (SSSR count). The van der Waals surface area contributed by atoms with Crippen molar-refractivity contribution in [2.24, 2.45) is 0 Å². The van der Waals surface area contributed by atoms with Crippen LogP contribution < -0.4 is 10.9 Å². The maximum Gasteiger partial charge on any atom is 0.257 e. The van der Waals surface area contributed by atoms with Crippen molar-refractivity contribution in [3.63, 3.8) is 0 Å². The third-order valence-electron chi connectivity index (χ3n) is 2.62. The standard InChI is InChI=1S/C14H16N2O/c1-2-3-6-9-15-13-10-11-7-4-5-8-12(11)14(17)16-13/h2-5,7-8,10H,6,9H2,1H3,(H2,15,16,17)/b3-2+. The lowest BCUT2D eigenvalue weighted by atomic mass is 10.2. The Bertz CT molecular complexity index is 584. The lowest BCUT2D eigenvalue weighted by Gasteiger charge is -2.05. The molecule has 1 aromatic carbocycles. The van der Waals surface area contributed by atoms with Crippen molar-refractivity contribution in [3.05, 3.63) is 52.8 Å². The Labute approximate surface area is 100 Å². The summed E-state index contributed by atoms with van der Waals surface area (Å²) in [7, 11) is 0. The second-order valence-corrected chi connectivity index (χ2v) is 3.88. The Balaban J connectivity index is 2.22. The van der Waals surface area contributed by atoms with Gasteiger partial charge in [0.15, 0.2) is 0 Å². The summed E-state index contributed by atoms with van der Waals surface area (Å²) in [6.07, 6.45) is 5.06. The van der Waals surface area contributed by atoms with E-state index < -0.39 is 0 Å². The van der Waals surface area contributed by atoms with Crippen LogP contribution in [0.15, 0.2) is 47.3 Å². The number of fused-ring (bicyclic) bond motifs is 1. The van der Waals surface area contributed by atoms with Crippen LogP contribution in [0.2, 0.25) is 0 Å². The van der Waals surface area contributed by atoms with Gasteiger partial charge in [-0.05, 0) is 30.9 Å². The van der Waals surface area contributed by atoms with Gasteiger partial charge in [-0.2, -0.15) is 0 Å². The molecule has 0 amide bonds. The summed E-state index contributed by atoms with van der Waals surface area (Å²) in [5.41, 5.74) is -0.0448. The lowest BCUT2D eigenvalue weighted by Crippen LogP contribution is -2.11. The highest BCUT2D eigenvalue weighted by Crippen LogP contribution is 2.12. The molecule has 17 heavy (non-hydrogen) atoms. The minimum Gasteiger partial charge on any atom is -0.371 e. The molecule has 0 radical (unpaired) electrons. The molecule has 2 N–H and O–H groups in total. The van der Waals surface area contributed by atoms with Crippen molar-refractivity contribution in [2.45, 2.75) is 13.3 Å². The second kappa shape index (κ2) is 5.34. The van der Waals surface area contributed by atoms with Crippen LogP contribution in [0.5, 0.6) is 0 Å². The number of aromatic nitrogens is 1. The van der Waals surface area contributed by atoms with Crippen molar-refractivity contribution in [2.75, 3.05) is 11.9 Å². The Hall–Kier alpha value is -2.03. The number of anilines is 1. The van der Waals surface area contributed by atoms with E-state index in [1.165, 1.54) is 0 Å². The third-order valence-corrected chi connectivity index (χ3v) is 2.62.